The smallest absolute Gasteiger partial charge is 0.351 e. The molecule has 3 N–H and O–H groups in total. The van der Waals surface area contributed by atoms with Crippen LogP contribution in [0.3, 0.4) is 0 Å². The summed E-state index contributed by atoms with van der Waals surface area (Å²) in [6, 6.07) is 11.2. The summed E-state index contributed by atoms with van der Waals surface area (Å²) in [4.78, 5) is 50.3. The van der Waals surface area contributed by atoms with Gasteiger partial charge in [0.1, 0.15) is 12.8 Å². The SMILES string of the molecule is [2H]CC1OC(n2cc(C#CCNC(=O)c3ccc(NF)nc3)c(NC(=O)c3ccccc3)nc2=O)CC1OP(OCC[N+]#[C-])N(C(C)C)C(C)C. The third-order valence-electron chi connectivity index (χ3n) is 7.27. The maximum absolute atomic E-state index is 13.4. The Morgan fingerprint density at radius 1 is 1.20 bits per heavy atom. The Balaban J connectivity index is 1.60. The highest BCUT2D eigenvalue weighted by atomic mass is 31.2. The molecule has 4 atom stereocenters. The van der Waals surface area contributed by atoms with Gasteiger partial charge in [-0.05, 0) is 58.9 Å². The van der Waals surface area contributed by atoms with Gasteiger partial charge >= 0.3 is 5.69 Å². The minimum atomic E-state index is -1.64. The lowest BCUT2D eigenvalue weighted by Crippen LogP contribution is -2.35. The number of pyridine rings is 1. The highest BCUT2D eigenvalue weighted by Gasteiger charge is 2.39. The van der Waals surface area contributed by atoms with E-state index in [1.54, 1.807) is 30.3 Å². The van der Waals surface area contributed by atoms with Gasteiger partial charge in [-0.1, -0.05) is 30.0 Å². The fraction of sp³-hybridized carbons (Fsp3) is 0.412. The molecule has 16 heteroatoms. The van der Waals surface area contributed by atoms with Crippen LogP contribution in [-0.2, 0) is 13.8 Å². The summed E-state index contributed by atoms with van der Waals surface area (Å²) < 4.78 is 42.7. The van der Waals surface area contributed by atoms with E-state index in [-0.39, 0.29) is 67.9 Å². The van der Waals surface area contributed by atoms with Crippen LogP contribution in [0.25, 0.3) is 4.85 Å². The Kier molecular flexibility index (Phi) is 13.4. The summed E-state index contributed by atoms with van der Waals surface area (Å²) in [5, 5.41) is 5.27. The normalized spacial score (nSPS) is 17.8. The van der Waals surface area contributed by atoms with Crippen molar-refractivity contribution in [3.05, 3.63) is 93.5 Å². The minimum Gasteiger partial charge on any atom is -0.352 e. The molecule has 1 aliphatic rings. The average molecular weight is 708 g/mol. The van der Waals surface area contributed by atoms with Crippen LogP contribution in [0.5, 0.6) is 0 Å². The van der Waals surface area contributed by atoms with Crippen molar-refractivity contribution in [2.24, 2.45) is 0 Å². The molecule has 4 unspecified atom stereocenters. The summed E-state index contributed by atoms with van der Waals surface area (Å²) >= 11 is 0. The van der Waals surface area contributed by atoms with Crippen molar-refractivity contribution >= 4 is 32.0 Å². The molecule has 3 heterocycles. The predicted molar refractivity (Wildman–Crippen MR) is 187 cm³/mol. The molecule has 0 spiro atoms. The number of carbonyl (C=O) groups excluding carboxylic acids is 2. The number of rotatable bonds is 14. The zero-order valence-corrected chi connectivity index (χ0v) is 29.0. The second kappa shape index (κ2) is 18.3. The van der Waals surface area contributed by atoms with Gasteiger partial charge in [0.2, 0.25) is 6.54 Å². The largest absolute Gasteiger partial charge is 0.352 e. The van der Waals surface area contributed by atoms with Gasteiger partial charge in [-0.2, -0.15) is 4.98 Å². The standard InChI is InChI=1S/C34H40FN8O6P/c1-22(2)43(23(3)4)50(47-18-17-36-6)49-28-19-30(48-24(28)5)42-21-27(13-10-16-37-32(44)26-14-15-29(41-35)38-20-26)31(40-34(42)46)39-33(45)25-11-8-7-9-12-25/h7-9,11-12,14-15,20-24,28,30H,16-19H2,1-5H3,(H,37,44)(H,38,41)(H,39,40,45,46)/i5D. The lowest BCUT2D eigenvalue weighted by atomic mass is 10.2. The molecule has 1 aliphatic heterocycles. The Morgan fingerprint density at radius 2 is 1.96 bits per heavy atom. The molecule has 2 amide bonds. The maximum atomic E-state index is 13.4. The molecule has 264 valence electrons. The van der Waals surface area contributed by atoms with E-state index >= 15 is 0 Å². The van der Waals surface area contributed by atoms with Crippen LogP contribution in [0.1, 0.15) is 74.9 Å². The predicted octanol–water partition coefficient (Wildman–Crippen LogP) is 4.94. The van der Waals surface area contributed by atoms with E-state index in [0.29, 0.717) is 5.56 Å². The number of nitrogens with one attached hydrogen (secondary N) is 3. The van der Waals surface area contributed by atoms with Crippen LogP contribution < -0.4 is 21.9 Å². The third-order valence-corrected chi connectivity index (χ3v) is 9.43. The number of aromatic nitrogens is 3. The van der Waals surface area contributed by atoms with Gasteiger partial charge in [0, 0.05) is 37.8 Å². The minimum absolute atomic E-state index is 0.0453. The first-order valence-electron chi connectivity index (χ1n) is 16.5. The van der Waals surface area contributed by atoms with Crippen molar-refractivity contribution in [2.45, 2.75) is 71.5 Å². The topological polar surface area (TPSA) is 153 Å². The number of nitrogens with zero attached hydrogens (tertiary/aromatic N) is 5. The molecular formula is C34H40FN8O6P. The Hall–Kier alpha value is -4.76. The first-order valence-corrected chi connectivity index (χ1v) is 16.9. The van der Waals surface area contributed by atoms with Crippen LogP contribution >= 0.6 is 8.53 Å². The molecule has 2 aromatic heterocycles. The van der Waals surface area contributed by atoms with E-state index in [9.17, 15) is 18.9 Å². The van der Waals surface area contributed by atoms with E-state index < -0.39 is 44.5 Å². The lowest BCUT2D eigenvalue weighted by Gasteiger charge is -2.36. The summed E-state index contributed by atoms with van der Waals surface area (Å²) in [7, 11) is -1.64. The first-order chi connectivity index (χ1) is 24.6. The van der Waals surface area contributed by atoms with E-state index in [1.165, 1.54) is 34.6 Å². The number of ether oxygens (including phenoxy) is 1. The van der Waals surface area contributed by atoms with Gasteiger partial charge in [-0.3, -0.25) is 14.2 Å². The summed E-state index contributed by atoms with van der Waals surface area (Å²) in [5.74, 6) is 4.54. The van der Waals surface area contributed by atoms with Gasteiger partial charge in [0.25, 0.3) is 20.3 Å². The molecule has 0 aliphatic carbocycles. The fourth-order valence-corrected chi connectivity index (χ4v) is 6.72. The van der Waals surface area contributed by atoms with Gasteiger partial charge < -0.3 is 29.3 Å². The van der Waals surface area contributed by atoms with Crippen molar-refractivity contribution in [2.75, 3.05) is 30.6 Å². The molecule has 0 bridgehead atoms. The number of hydrogen-bond donors (Lipinski definition) is 3. The van der Waals surface area contributed by atoms with Crippen molar-refractivity contribution < 1.29 is 29.2 Å². The molecule has 1 saturated heterocycles. The summed E-state index contributed by atoms with van der Waals surface area (Å²) in [6.07, 6.45) is 0.592. The van der Waals surface area contributed by atoms with Gasteiger partial charge in [-0.15, -0.1) is 4.48 Å². The first kappa shape index (κ1) is 36.5. The second-order valence-electron chi connectivity index (χ2n) is 11.6. The number of halogens is 1. The van der Waals surface area contributed by atoms with E-state index in [0.717, 1.165) is 0 Å². The van der Waals surface area contributed by atoms with Crippen LogP contribution in [0.15, 0.2) is 59.7 Å². The van der Waals surface area contributed by atoms with Crippen molar-refractivity contribution in [1.82, 2.24) is 24.5 Å². The van der Waals surface area contributed by atoms with Gasteiger partial charge in [0.15, 0.2) is 11.6 Å². The van der Waals surface area contributed by atoms with Crippen molar-refractivity contribution in [3.8, 4) is 11.8 Å². The van der Waals surface area contributed by atoms with Crippen molar-refractivity contribution in [3.63, 3.8) is 0 Å². The van der Waals surface area contributed by atoms with Gasteiger partial charge in [-0.25, -0.2) is 26.6 Å². The molecular weight excluding hydrogens is 666 g/mol. The molecule has 1 fully saturated rings. The molecule has 4 rings (SSSR count). The number of benzene rings is 1. The zero-order valence-electron chi connectivity index (χ0n) is 29.1. The summed E-state index contributed by atoms with van der Waals surface area (Å²) in [6.45, 7) is 15.3. The quantitative estimate of drug-likeness (QED) is 0.0691. The van der Waals surface area contributed by atoms with Crippen molar-refractivity contribution in [1.29, 1.82) is 0 Å². The number of anilines is 2. The van der Waals surface area contributed by atoms with E-state index in [1.807, 2.05) is 27.7 Å². The molecule has 50 heavy (non-hydrogen) atoms. The fourth-order valence-electron chi connectivity index (χ4n) is 4.97. The van der Waals surface area contributed by atoms with E-state index in [2.05, 4.69) is 42.0 Å². The van der Waals surface area contributed by atoms with Crippen LogP contribution in [-0.4, -0.2) is 75.0 Å². The number of carbonyl (C=O) groups is 2. The molecule has 0 saturated carbocycles. The number of hydrogen-bond acceptors (Lipinski definition) is 10. The van der Waals surface area contributed by atoms with Crippen LogP contribution in [0.2, 0.25) is 0 Å². The second-order valence-corrected chi connectivity index (χ2v) is 13.0. The van der Waals surface area contributed by atoms with E-state index in [4.69, 9.17) is 21.7 Å². The number of amides is 2. The van der Waals surface area contributed by atoms with Gasteiger partial charge in [0.05, 0.1) is 29.9 Å². The Bertz CT molecular complexity index is 1790. The Labute approximate surface area is 292 Å². The highest BCUT2D eigenvalue weighted by molar-refractivity contribution is 7.44. The maximum Gasteiger partial charge on any atom is 0.351 e. The highest BCUT2D eigenvalue weighted by Crippen LogP contribution is 2.49. The van der Waals surface area contributed by atoms with Crippen LogP contribution in [0, 0.1) is 18.4 Å². The molecule has 0 radical (unpaired) electrons. The zero-order chi connectivity index (χ0) is 36.9. The van der Waals surface area contributed by atoms with Crippen LogP contribution in [0.4, 0.5) is 16.1 Å². The molecule has 3 aromatic rings. The summed E-state index contributed by atoms with van der Waals surface area (Å²) in [5.41, 5.74) is 1.35. The lowest BCUT2D eigenvalue weighted by molar-refractivity contribution is -0.00864. The monoisotopic (exact) mass is 707 g/mol. The molecule has 1 aromatic carbocycles. The third kappa shape index (κ3) is 10.1. The average Bonchev–Trinajstić information content (AvgIpc) is 3.53. The Morgan fingerprint density at radius 3 is 2.60 bits per heavy atom. The molecule has 14 nitrogen and oxygen atoms in total.